The van der Waals surface area contributed by atoms with E-state index in [-0.39, 0.29) is 5.91 Å². The zero-order valence-electron chi connectivity index (χ0n) is 14.2. The Bertz CT molecular complexity index is 677. The van der Waals surface area contributed by atoms with E-state index in [2.05, 4.69) is 40.7 Å². The van der Waals surface area contributed by atoms with Crippen molar-refractivity contribution in [1.29, 1.82) is 0 Å². The lowest BCUT2D eigenvalue weighted by Gasteiger charge is -2.22. The van der Waals surface area contributed by atoms with Crippen molar-refractivity contribution in [2.75, 3.05) is 19.6 Å². The number of carbonyl (C=O) groups excluding carboxylic acids is 1. The highest BCUT2D eigenvalue weighted by molar-refractivity contribution is 7.13. The number of hydrogen-bond acceptors (Lipinski definition) is 4. The van der Waals surface area contributed by atoms with E-state index in [4.69, 9.17) is 0 Å². The molecule has 1 amide bonds. The van der Waals surface area contributed by atoms with Gasteiger partial charge in [-0.15, -0.1) is 11.3 Å². The summed E-state index contributed by atoms with van der Waals surface area (Å²) >= 11 is 1.60. The summed E-state index contributed by atoms with van der Waals surface area (Å²) in [5.41, 5.74) is 3.20. The fourth-order valence-corrected chi connectivity index (χ4v) is 3.93. The predicted molar refractivity (Wildman–Crippen MR) is 99.2 cm³/mol. The van der Waals surface area contributed by atoms with E-state index in [1.165, 1.54) is 18.4 Å². The van der Waals surface area contributed by atoms with Crippen LogP contribution >= 0.6 is 11.3 Å². The van der Waals surface area contributed by atoms with Gasteiger partial charge in [-0.3, -0.25) is 4.79 Å². The molecule has 1 aliphatic rings. The molecule has 128 valence electrons. The minimum atomic E-state index is 0.0693. The van der Waals surface area contributed by atoms with Gasteiger partial charge < -0.3 is 10.6 Å². The molecule has 0 aliphatic carbocycles. The van der Waals surface area contributed by atoms with Gasteiger partial charge in [0.15, 0.2) is 0 Å². The van der Waals surface area contributed by atoms with Gasteiger partial charge in [0.05, 0.1) is 12.1 Å². The smallest absolute Gasteiger partial charge is 0.226 e. The standard InChI is InChI=1S/C19H25N3OS/c1-14-4-2-6-16(10-14)19-22-17(13-24-19)11-18(23)21-9-7-15-5-3-8-20-12-15/h2,4,6,10,13,15,20H,3,5,7-9,11-12H2,1H3,(H,21,23). The third kappa shape index (κ3) is 4.89. The van der Waals surface area contributed by atoms with Gasteiger partial charge in [-0.2, -0.15) is 0 Å². The van der Waals surface area contributed by atoms with E-state index >= 15 is 0 Å². The molecule has 1 aromatic heterocycles. The maximum atomic E-state index is 12.1. The molecule has 1 atom stereocenters. The van der Waals surface area contributed by atoms with Crippen LogP contribution in [0.15, 0.2) is 29.6 Å². The maximum Gasteiger partial charge on any atom is 0.226 e. The third-order valence-corrected chi connectivity index (χ3v) is 5.37. The number of nitrogens with one attached hydrogen (secondary N) is 2. The number of nitrogens with zero attached hydrogens (tertiary/aromatic N) is 1. The first-order valence-electron chi connectivity index (χ1n) is 8.69. The minimum Gasteiger partial charge on any atom is -0.356 e. The van der Waals surface area contributed by atoms with Crippen LogP contribution in [0.3, 0.4) is 0 Å². The highest BCUT2D eigenvalue weighted by Gasteiger charge is 2.13. The summed E-state index contributed by atoms with van der Waals surface area (Å²) in [5.74, 6) is 0.770. The van der Waals surface area contributed by atoms with Crippen LogP contribution in [-0.4, -0.2) is 30.5 Å². The van der Waals surface area contributed by atoms with Crippen LogP contribution in [0.2, 0.25) is 0 Å². The number of aromatic nitrogens is 1. The fourth-order valence-electron chi connectivity index (χ4n) is 3.11. The number of piperidine rings is 1. The second-order valence-electron chi connectivity index (χ2n) is 6.54. The Morgan fingerprint density at radius 3 is 3.17 bits per heavy atom. The molecule has 0 radical (unpaired) electrons. The van der Waals surface area contributed by atoms with E-state index in [1.807, 2.05) is 11.4 Å². The van der Waals surface area contributed by atoms with Crippen molar-refractivity contribution < 1.29 is 4.79 Å². The normalized spacial score (nSPS) is 17.6. The van der Waals surface area contributed by atoms with E-state index in [0.717, 1.165) is 42.3 Å². The number of amides is 1. The minimum absolute atomic E-state index is 0.0693. The topological polar surface area (TPSA) is 54.0 Å². The molecule has 1 aliphatic heterocycles. The Morgan fingerprint density at radius 1 is 1.46 bits per heavy atom. The molecule has 1 saturated heterocycles. The molecule has 4 nitrogen and oxygen atoms in total. The van der Waals surface area contributed by atoms with E-state index in [1.54, 1.807) is 11.3 Å². The second-order valence-corrected chi connectivity index (χ2v) is 7.40. The van der Waals surface area contributed by atoms with Crippen molar-refractivity contribution in [1.82, 2.24) is 15.6 Å². The highest BCUT2D eigenvalue weighted by Crippen LogP contribution is 2.24. The summed E-state index contributed by atoms with van der Waals surface area (Å²) in [4.78, 5) is 16.7. The molecule has 2 N–H and O–H groups in total. The number of benzene rings is 1. The zero-order valence-corrected chi connectivity index (χ0v) is 15.0. The first kappa shape index (κ1) is 17.1. The van der Waals surface area contributed by atoms with Gasteiger partial charge in [0.1, 0.15) is 5.01 Å². The Kier molecular flexibility index (Phi) is 5.99. The molecule has 0 spiro atoms. The van der Waals surface area contributed by atoms with Gasteiger partial charge in [-0.05, 0) is 51.3 Å². The molecule has 3 rings (SSSR count). The zero-order chi connectivity index (χ0) is 16.8. The summed E-state index contributed by atoms with van der Waals surface area (Å²) < 4.78 is 0. The van der Waals surface area contributed by atoms with Crippen molar-refractivity contribution in [3.05, 3.63) is 40.9 Å². The number of thiazole rings is 1. The molecule has 24 heavy (non-hydrogen) atoms. The van der Waals surface area contributed by atoms with E-state index in [9.17, 15) is 4.79 Å². The van der Waals surface area contributed by atoms with E-state index < -0.39 is 0 Å². The Hall–Kier alpha value is -1.72. The van der Waals surface area contributed by atoms with Crippen LogP contribution in [0.4, 0.5) is 0 Å². The fraction of sp³-hybridized carbons (Fsp3) is 0.474. The lowest BCUT2D eigenvalue weighted by atomic mass is 9.96. The molecular weight excluding hydrogens is 318 g/mol. The molecule has 0 bridgehead atoms. The molecule has 0 saturated carbocycles. The van der Waals surface area contributed by atoms with Gasteiger partial charge in [-0.1, -0.05) is 23.8 Å². The SMILES string of the molecule is Cc1cccc(-c2nc(CC(=O)NCCC3CCCNC3)cs2)c1. The number of hydrogen-bond donors (Lipinski definition) is 2. The van der Waals surface area contributed by atoms with Crippen molar-refractivity contribution >= 4 is 17.2 Å². The highest BCUT2D eigenvalue weighted by atomic mass is 32.1. The number of rotatable bonds is 6. The van der Waals surface area contributed by atoms with Gasteiger partial charge in [0.2, 0.25) is 5.91 Å². The molecule has 1 unspecified atom stereocenters. The molecular formula is C19H25N3OS. The van der Waals surface area contributed by atoms with Gasteiger partial charge in [0, 0.05) is 17.5 Å². The van der Waals surface area contributed by atoms with Gasteiger partial charge in [-0.25, -0.2) is 4.98 Å². The van der Waals surface area contributed by atoms with Crippen LogP contribution in [0.5, 0.6) is 0 Å². The van der Waals surface area contributed by atoms with Gasteiger partial charge >= 0.3 is 0 Å². The average Bonchev–Trinajstić information content (AvgIpc) is 3.04. The summed E-state index contributed by atoms with van der Waals surface area (Å²) in [6.45, 7) is 5.06. The van der Waals surface area contributed by atoms with Crippen LogP contribution < -0.4 is 10.6 Å². The first-order chi connectivity index (χ1) is 11.7. The van der Waals surface area contributed by atoms with Crippen molar-refractivity contribution in [2.24, 2.45) is 5.92 Å². The Balaban J connectivity index is 1.46. The summed E-state index contributed by atoms with van der Waals surface area (Å²) in [7, 11) is 0. The van der Waals surface area contributed by atoms with Crippen molar-refractivity contribution in [2.45, 2.75) is 32.6 Å². The quantitative estimate of drug-likeness (QED) is 0.847. The molecule has 2 heterocycles. The van der Waals surface area contributed by atoms with E-state index in [0.29, 0.717) is 12.3 Å². The molecule has 1 fully saturated rings. The number of aryl methyl sites for hydroxylation is 1. The summed E-state index contributed by atoms with van der Waals surface area (Å²) in [6.07, 6.45) is 3.95. The van der Waals surface area contributed by atoms with Crippen LogP contribution in [0.25, 0.3) is 10.6 Å². The predicted octanol–water partition coefficient (Wildman–Crippen LogP) is 3.17. The van der Waals surface area contributed by atoms with Crippen molar-refractivity contribution in [3.63, 3.8) is 0 Å². The lowest BCUT2D eigenvalue weighted by Crippen LogP contribution is -2.33. The third-order valence-electron chi connectivity index (χ3n) is 4.43. The molecule has 2 aromatic rings. The average molecular weight is 343 g/mol. The maximum absolute atomic E-state index is 12.1. The first-order valence-corrected chi connectivity index (χ1v) is 9.57. The number of carbonyl (C=O) groups is 1. The van der Waals surface area contributed by atoms with Crippen LogP contribution in [-0.2, 0) is 11.2 Å². The van der Waals surface area contributed by atoms with Crippen LogP contribution in [0.1, 0.15) is 30.5 Å². The molecule has 1 aromatic carbocycles. The second kappa shape index (κ2) is 8.40. The summed E-state index contributed by atoms with van der Waals surface area (Å²) in [5, 5.41) is 9.42. The largest absolute Gasteiger partial charge is 0.356 e. The Labute approximate surface area is 147 Å². The summed E-state index contributed by atoms with van der Waals surface area (Å²) in [6, 6.07) is 8.31. The Morgan fingerprint density at radius 2 is 2.38 bits per heavy atom. The van der Waals surface area contributed by atoms with Crippen molar-refractivity contribution in [3.8, 4) is 10.6 Å². The van der Waals surface area contributed by atoms with Crippen LogP contribution in [0, 0.1) is 12.8 Å². The molecule has 5 heteroatoms. The van der Waals surface area contributed by atoms with Gasteiger partial charge in [0.25, 0.3) is 0 Å². The monoisotopic (exact) mass is 343 g/mol. The lowest BCUT2D eigenvalue weighted by molar-refractivity contribution is -0.120.